The van der Waals surface area contributed by atoms with Crippen molar-refractivity contribution in [2.45, 2.75) is 33.2 Å². The van der Waals surface area contributed by atoms with Crippen molar-refractivity contribution in [2.24, 2.45) is 5.92 Å². The summed E-state index contributed by atoms with van der Waals surface area (Å²) in [6.07, 6.45) is 0. The molecule has 0 heterocycles. The maximum atomic E-state index is 13.4. The monoisotopic (exact) mass is 311 g/mol. The largest absolute Gasteiger partial charge is 0.487 e. The number of hydrogen-bond donors (Lipinski definition) is 1. The maximum absolute atomic E-state index is 13.4. The molecule has 2 nitrogen and oxygen atoms in total. The van der Waals surface area contributed by atoms with E-state index >= 15 is 0 Å². The van der Waals surface area contributed by atoms with Crippen molar-refractivity contribution in [1.29, 1.82) is 0 Å². The fraction of sp³-hybridized carbons (Fsp3) is 0.571. The van der Waals surface area contributed by atoms with Gasteiger partial charge in [-0.1, -0.05) is 6.92 Å². The van der Waals surface area contributed by atoms with Crippen molar-refractivity contribution in [1.82, 2.24) is 5.32 Å². The first kappa shape index (κ1) is 17.7. The summed E-state index contributed by atoms with van der Waals surface area (Å²) in [5.41, 5.74) is -0.154. The average Bonchev–Trinajstić information content (AvgIpc) is 2.40. The first-order chi connectivity index (χ1) is 9.54. The molecule has 0 aliphatic heterocycles. The average molecular weight is 311 g/mol. The summed E-state index contributed by atoms with van der Waals surface area (Å²) in [4.78, 5) is 0. The van der Waals surface area contributed by atoms with Gasteiger partial charge >= 0.3 is 0 Å². The summed E-state index contributed by atoms with van der Waals surface area (Å²) in [7, 11) is 0. The third kappa shape index (κ3) is 4.56. The molecule has 21 heavy (non-hydrogen) atoms. The van der Waals surface area contributed by atoms with E-state index in [9.17, 15) is 22.0 Å². The summed E-state index contributed by atoms with van der Waals surface area (Å²) in [6.45, 7) is 7.82. The van der Waals surface area contributed by atoms with Crippen LogP contribution < -0.4 is 10.1 Å². The molecule has 0 radical (unpaired) electrons. The second-order valence-electron chi connectivity index (χ2n) is 5.95. The van der Waals surface area contributed by atoms with E-state index in [0.717, 1.165) is 0 Å². The normalized spacial score (nSPS) is 13.4. The molecule has 0 spiro atoms. The number of rotatable bonds is 5. The van der Waals surface area contributed by atoms with Crippen LogP contribution in [-0.4, -0.2) is 18.7 Å². The minimum absolute atomic E-state index is 0.154. The standard InChI is InChI=1S/C14H18F5NO/c1-7(5-20-14(2,3)4)6-21-13-11(18)9(16)8(15)10(17)12(13)19/h7,20H,5-6H2,1-4H3. The Labute approximate surface area is 120 Å². The molecule has 0 saturated carbocycles. The zero-order chi connectivity index (χ0) is 16.4. The van der Waals surface area contributed by atoms with Crippen LogP contribution in [0.2, 0.25) is 0 Å². The van der Waals surface area contributed by atoms with Crippen molar-refractivity contribution in [3.8, 4) is 5.75 Å². The zero-order valence-electron chi connectivity index (χ0n) is 12.3. The van der Waals surface area contributed by atoms with Crippen LogP contribution in [0.1, 0.15) is 27.7 Å². The molecule has 0 aromatic heterocycles. The van der Waals surface area contributed by atoms with E-state index in [0.29, 0.717) is 6.54 Å². The zero-order valence-corrected chi connectivity index (χ0v) is 12.3. The van der Waals surface area contributed by atoms with Gasteiger partial charge < -0.3 is 10.1 Å². The van der Waals surface area contributed by atoms with Crippen LogP contribution >= 0.6 is 0 Å². The van der Waals surface area contributed by atoms with Crippen molar-refractivity contribution in [3.05, 3.63) is 29.1 Å². The van der Waals surface area contributed by atoms with Crippen molar-refractivity contribution >= 4 is 0 Å². The summed E-state index contributed by atoms with van der Waals surface area (Å²) >= 11 is 0. The number of halogens is 5. The van der Waals surface area contributed by atoms with Gasteiger partial charge in [0.05, 0.1) is 6.61 Å². The van der Waals surface area contributed by atoms with Crippen molar-refractivity contribution in [3.63, 3.8) is 0 Å². The van der Waals surface area contributed by atoms with Gasteiger partial charge in [0.2, 0.25) is 29.1 Å². The lowest BCUT2D eigenvalue weighted by molar-refractivity contribution is 0.216. The summed E-state index contributed by atoms with van der Waals surface area (Å²) in [6, 6.07) is 0. The Bertz CT molecular complexity index is 484. The van der Waals surface area contributed by atoms with Gasteiger partial charge in [-0.25, -0.2) is 13.2 Å². The quantitative estimate of drug-likeness (QED) is 0.507. The molecule has 7 heteroatoms. The lowest BCUT2D eigenvalue weighted by atomic mass is 10.1. The smallest absolute Gasteiger partial charge is 0.206 e. The van der Waals surface area contributed by atoms with Crippen LogP contribution in [-0.2, 0) is 0 Å². The van der Waals surface area contributed by atoms with Crippen molar-refractivity contribution < 1.29 is 26.7 Å². The predicted octanol–water partition coefficient (Wildman–Crippen LogP) is 3.79. The fourth-order valence-electron chi connectivity index (χ4n) is 1.48. The van der Waals surface area contributed by atoms with E-state index in [-0.39, 0.29) is 18.1 Å². The van der Waals surface area contributed by atoms with Gasteiger partial charge in [-0.05, 0) is 20.8 Å². The highest BCUT2D eigenvalue weighted by molar-refractivity contribution is 5.29. The Morgan fingerprint density at radius 1 is 0.905 bits per heavy atom. The highest BCUT2D eigenvalue weighted by atomic mass is 19.2. The van der Waals surface area contributed by atoms with Crippen LogP contribution in [0.15, 0.2) is 0 Å². The summed E-state index contributed by atoms with van der Waals surface area (Å²) in [5, 5.41) is 3.14. The first-order valence-electron chi connectivity index (χ1n) is 6.44. The molecule has 0 amide bonds. The second kappa shape index (κ2) is 6.60. The Morgan fingerprint density at radius 3 is 1.76 bits per heavy atom. The predicted molar refractivity (Wildman–Crippen MR) is 68.6 cm³/mol. The molecule has 0 saturated heterocycles. The maximum Gasteiger partial charge on any atom is 0.206 e. The van der Waals surface area contributed by atoms with Gasteiger partial charge in [-0.3, -0.25) is 0 Å². The Kier molecular flexibility index (Phi) is 5.55. The minimum Gasteiger partial charge on any atom is -0.487 e. The molecule has 1 rings (SSSR count). The number of ether oxygens (including phenoxy) is 1. The Balaban J connectivity index is 2.76. The molecule has 120 valence electrons. The number of nitrogens with one attached hydrogen (secondary N) is 1. The van der Waals surface area contributed by atoms with Gasteiger partial charge in [-0.15, -0.1) is 0 Å². The lowest BCUT2D eigenvalue weighted by Gasteiger charge is -2.23. The molecule has 1 atom stereocenters. The molecule has 1 aromatic rings. The van der Waals surface area contributed by atoms with Crippen molar-refractivity contribution in [2.75, 3.05) is 13.2 Å². The van der Waals surface area contributed by atoms with Crippen LogP contribution in [0.4, 0.5) is 22.0 Å². The van der Waals surface area contributed by atoms with Crippen LogP contribution in [0, 0.1) is 35.0 Å². The molecule has 1 unspecified atom stereocenters. The van der Waals surface area contributed by atoms with Gasteiger partial charge in [-0.2, -0.15) is 8.78 Å². The number of benzene rings is 1. The van der Waals surface area contributed by atoms with E-state index in [2.05, 4.69) is 5.32 Å². The van der Waals surface area contributed by atoms with Crippen LogP contribution in [0.5, 0.6) is 5.75 Å². The highest BCUT2D eigenvalue weighted by Gasteiger charge is 2.27. The molecular weight excluding hydrogens is 293 g/mol. The summed E-state index contributed by atoms with van der Waals surface area (Å²) in [5.74, 6) is -11.5. The molecule has 0 aliphatic rings. The highest BCUT2D eigenvalue weighted by Crippen LogP contribution is 2.29. The Morgan fingerprint density at radius 2 is 1.33 bits per heavy atom. The molecule has 1 N–H and O–H groups in total. The molecule has 0 aliphatic carbocycles. The SMILES string of the molecule is CC(CNC(C)(C)C)COc1c(F)c(F)c(F)c(F)c1F. The Hall–Kier alpha value is -1.37. The van der Waals surface area contributed by atoms with E-state index in [1.54, 1.807) is 6.92 Å². The lowest BCUT2D eigenvalue weighted by Crippen LogP contribution is -2.39. The molecular formula is C14H18F5NO. The van der Waals surface area contributed by atoms with Crippen LogP contribution in [0.25, 0.3) is 0 Å². The van der Waals surface area contributed by atoms with E-state index in [1.807, 2.05) is 20.8 Å². The minimum atomic E-state index is -2.19. The van der Waals surface area contributed by atoms with Crippen LogP contribution in [0.3, 0.4) is 0 Å². The van der Waals surface area contributed by atoms with E-state index in [4.69, 9.17) is 4.74 Å². The molecule has 1 aromatic carbocycles. The van der Waals surface area contributed by atoms with Gasteiger partial charge in [0.15, 0.2) is 5.75 Å². The third-order valence-corrected chi connectivity index (χ3v) is 2.66. The van der Waals surface area contributed by atoms with Gasteiger partial charge in [0.1, 0.15) is 0 Å². The first-order valence-corrected chi connectivity index (χ1v) is 6.44. The fourth-order valence-corrected chi connectivity index (χ4v) is 1.48. The topological polar surface area (TPSA) is 21.3 Å². The molecule has 0 fully saturated rings. The summed E-state index contributed by atoms with van der Waals surface area (Å²) < 4.78 is 70.3. The molecule has 0 bridgehead atoms. The third-order valence-electron chi connectivity index (χ3n) is 2.66. The van der Waals surface area contributed by atoms with Gasteiger partial charge in [0.25, 0.3) is 0 Å². The second-order valence-corrected chi connectivity index (χ2v) is 5.95. The van der Waals surface area contributed by atoms with E-state index < -0.39 is 34.8 Å². The van der Waals surface area contributed by atoms with Gasteiger partial charge in [0, 0.05) is 18.0 Å². The number of hydrogen-bond acceptors (Lipinski definition) is 2. The van der Waals surface area contributed by atoms with E-state index in [1.165, 1.54) is 0 Å².